The summed E-state index contributed by atoms with van der Waals surface area (Å²) in [5.74, 6) is 1.37. The lowest BCUT2D eigenvalue weighted by molar-refractivity contribution is 0.0540. The average molecular weight is 293 g/mol. The second-order valence-electron chi connectivity index (χ2n) is 5.06. The van der Waals surface area contributed by atoms with Crippen LogP contribution >= 0.6 is 11.6 Å². The van der Waals surface area contributed by atoms with E-state index < -0.39 is 0 Å². The van der Waals surface area contributed by atoms with Crippen molar-refractivity contribution >= 4 is 11.6 Å². The maximum atomic E-state index is 5.99. The highest BCUT2D eigenvalue weighted by atomic mass is 35.5. The highest BCUT2D eigenvalue weighted by molar-refractivity contribution is 6.30. The van der Waals surface area contributed by atoms with Crippen molar-refractivity contribution in [3.8, 4) is 0 Å². The van der Waals surface area contributed by atoms with Crippen LogP contribution in [0.3, 0.4) is 0 Å². The van der Waals surface area contributed by atoms with Crippen molar-refractivity contribution in [2.24, 2.45) is 0 Å². The molecule has 0 atom stereocenters. The van der Waals surface area contributed by atoms with Crippen molar-refractivity contribution in [3.05, 3.63) is 46.6 Å². The Morgan fingerprint density at radius 2 is 1.85 bits per heavy atom. The molecule has 2 heterocycles. The van der Waals surface area contributed by atoms with Crippen LogP contribution in [-0.2, 0) is 16.6 Å². The molecule has 0 bridgehead atoms. The van der Waals surface area contributed by atoms with E-state index in [0.717, 1.165) is 29.8 Å². The number of aromatic nitrogens is 2. The Bertz CT molecular complexity index is 574. The third kappa shape index (κ3) is 2.34. The summed E-state index contributed by atoms with van der Waals surface area (Å²) < 4.78 is 11.4. The molecule has 0 saturated carbocycles. The summed E-state index contributed by atoms with van der Waals surface area (Å²) in [6.45, 7) is 3.41. The number of nitrogens with zero attached hydrogens (tertiary/aromatic N) is 2. The minimum absolute atomic E-state index is 0.247. The van der Waals surface area contributed by atoms with Crippen LogP contribution in [0, 0.1) is 0 Å². The van der Waals surface area contributed by atoms with Gasteiger partial charge in [0, 0.05) is 24.7 Å². The monoisotopic (exact) mass is 292 g/mol. The zero-order chi connectivity index (χ0) is 14.0. The van der Waals surface area contributed by atoms with Gasteiger partial charge in [-0.1, -0.05) is 30.7 Å². The summed E-state index contributed by atoms with van der Waals surface area (Å²) in [4.78, 5) is 0. The maximum Gasteiger partial charge on any atom is 0.227 e. The SMILES string of the molecule is CCc1nnc(C2(c3ccc(Cl)cc3)CCOCC2)o1. The van der Waals surface area contributed by atoms with Crippen LogP contribution in [0.2, 0.25) is 5.02 Å². The smallest absolute Gasteiger partial charge is 0.227 e. The van der Waals surface area contributed by atoms with Crippen LogP contribution in [-0.4, -0.2) is 23.4 Å². The molecule has 0 amide bonds. The fourth-order valence-electron chi connectivity index (χ4n) is 2.70. The van der Waals surface area contributed by atoms with Gasteiger partial charge < -0.3 is 9.15 Å². The summed E-state index contributed by atoms with van der Waals surface area (Å²) >= 11 is 5.99. The van der Waals surface area contributed by atoms with E-state index in [-0.39, 0.29) is 5.41 Å². The van der Waals surface area contributed by atoms with E-state index in [1.807, 2.05) is 31.2 Å². The van der Waals surface area contributed by atoms with Gasteiger partial charge in [0.1, 0.15) is 0 Å². The zero-order valence-corrected chi connectivity index (χ0v) is 12.2. The van der Waals surface area contributed by atoms with Gasteiger partial charge in [-0.2, -0.15) is 0 Å². The van der Waals surface area contributed by atoms with E-state index >= 15 is 0 Å². The predicted octanol–water partition coefficient (Wildman–Crippen LogP) is 3.38. The van der Waals surface area contributed by atoms with E-state index in [4.69, 9.17) is 20.8 Å². The Morgan fingerprint density at radius 3 is 2.45 bits per heavy atom. The fourth-order valence-corrected chi connectivity index (χ4v) is 2.83. The third-order valence-electron chi connectivity index (χ3n) is 3.92. The number of aryl methyl sites for hydroxylation is 1. The van der Waals surface area contributed by atoms with Crippen LogP contribution in [0.15, 0.2) is 28.7 Å². The van der Waals surface area contributed by atoms with Gasteiger partial charge in [-0.05, 0) is 30.5 Å². The van der Waals surface area contributed by atoms with Crippen molar-refractivity contribution in [1.29, 1.82) is 0 Å². The van der Waals surface area contributed by atoms with E-state index in [9.17, 15) is 0 Å². The summed E-state index contributed by atoms with van der Waals surface area (Å²) in [6.07, 6.45) is 2.44. The van der Waals surface area contributed by atoms with Crippen LogP contribution in [0.1, 0.15) is 37.1 Å². The van der Waals surface area contributed by atoms with Gasteiger partial charge in [-0.15, -0.1) is 10.2 Å². The first kappa shape index (κ1) is 13.6. The molecule has 20 heavy (non-hydrogen) atoms. The van der Waals surface area contributed by atoms with Gasteiger partial charge in [-0.25, -0.2) is 0 Å². The first-order valence-corrected chi connectivity index (χ1v) is 7.29. The summed E-state index contributed by atoms with van der Waals surface area (Å²) in [5, 5.41) is 9.12. The molecule has 0 radical (unpaired) electrons. The van der Waals surface area contributed by atoms with Gasteiger partial charge in [0.15, 0.2) is 0 Å². The second-order valence-corrected chi connectivity index (χ2v) is 5.49. The fraction of sp³-hybridized carbons (Fsp3) is 0.467. The molecule has 4 nitrogen and oxygen atoms in total. The minimum atomic E-state index is -0.247. The molecule has 1 aromatic heterocycles. The lowest BCUT2D eigenvalue weighted by Crippen LogP contribution is -2.35. The number of rotatable bonds is 3. The molecule has 1 saturated heterocycles. The summed E-state index contributed by atoms with van der Waals surface area (Å²) in [6, 6.07) is 7.91. The Morgan fingerprint density at radius 1 is 1.15 bits per heavy atom. The van der Waals surface area contributed by atoms with E-state index in [1.54, 1.807) is 0 Å². The normalized spacial score (nSPS) is 18.1. The number of ether oxygens (including phenoxy) is 1. The number of halogens is 1. The molecule has 1 aliphatic heterocycles. The first-order chi connectivity index (χ1) is 9.74. The van der Waals surface area contributed by atoms with Crippen LogP contribution in [0.25, 0.3) is 0 Å². The first-order valence-electron chi connectivity index (χ1n) is 6.91. The number of benzene rings is 1. The molecular weight excluding hydrogens is 276 g/mol. The Balaban J connectivity index is 2.05. The summed E-state index contributed by atoms with van der Waals surface area (Å²) in [5.41, 5.74) is 0.917. The molecule has 0 unspecified atom stereocenters. The highest BCUT2D eigenvalue weighted by Crippen LogP contribution is 2.40. The van der Waals surface area contributed by atoms with E-state index in [1.165, 1.54) is 0 Å². The molecule has 1 aliphatic rings. The van der Waals surface area contributed by atoms with Crippen LogP contribution in [0.5, 0.6) is 0 Å². The molecule has 0 N–H and O–H groups in total. The van der Waals surface area contributed by atoms with Crippen molar-refractivity contribution in [3.63, 3.8) is 0 Å². The standard InChI is InChI=1S/C15H17ClN2O2/c1-2-13-17-18-14(20-13)15(7-9-19-10-8-15)11-3-5-12(16)6-4-11/h3-6H,2,7-10H2,1H3. The topological polar surface area (TPSA) is 48.2 Å². The van der Waals surface area contributed by atoms with Gasteiger partial charge in [0.25, 0.3) is 0 Å². The molecular formula is C15H17ClN2O2. The second kappa shape index (κ2) is 5.54. The highest BCUT2D eigenvalue weighted by Gasteiger charge is 2.41. The predicted molar refractivity (Wildman–Crippen MR) is 76.0 cm³/mol. The minimum Gasteiger partial charge on any atom is -0.424 e. The Labute approximate surface area is 123 Å². The third-order valence-corrected chi connectivity index (χ3v) is 4.17. The molecule has 2 aromatic rings. The number of hydrogen-bond donors (Lipinski definition) is 0. The lowest BCUT2D eigenvalue weighted by atomic mass is 9.74. The summed E-state index contributed by atoms with van der Waals surface area (Å²) in [7, 11) is 0. The zero-order valence-electron chi connectivity index (χ0n) is 11.4. The van der Waals surface area contributed by atoms with Crippen molar-refractivity contribution in [1.82, 2.24) is 10.2 Å². The van der Waals surface area contributed by atoms with E-state index in [2.05, 4.69) is 10.2 Å². The van der Waals surface area contributed by atoms with Crippen molar-refractivity contribution in [2.45, 2.75) is 31.6 Å². The lowest BCUT2D eigenvalue weighted by Gasteiger charge is -2.34. The molecule has 1 fully saturated rings. The quantitative estimate of drug-likeness (QED) is 0.870. The average Bonchev–Trinajstić information content (AvgIpc) is 2.98. The molecule has 0 aliphatic carbocycles. The molecule has 5 heteroatoms. The molecule has 1 aromatic carbocycles. The number of hydrogen-bond acceptors (Lipinski definition) is 4. The maximum absolute atomic E-state index is 5.99. The molecule has 0 spiro atoms. The molecule has 106 valence electrons. The van der Waals surface area contributed by atoms with Gasteiger partial charge >= 0.3 is 0 Å². The van der Waals surface area contributed by atoms with Gasteiger partial charge in [0.05, 0.1) is 5.41 Å². The largest absolute Gasteiger partial charge is 0.424 e. The van der Waals surface area contributed by atoms with Crippen LogP contribution < -0.4 is 0 Å². The van der Waals surface area contributed by atoms with Gasteiger partial charge in [0.2, 0.25) is 11.8 Å². The Kier molecular flexibility index (Phi) is 3.76. The van der Waals surface area contributed by atoms with E-state index in [0.29, 0.717) is 25.0 Å². The van der Waals surface area contributed by atoms with Gasteiger partial charge in [-0.3, -0.25) is 0 Å². The van der Waals surface area contributed by atoms with Crippen LogP contribution in [0.4, 0.5) is 0 Å². The molecule has 3 rings (SSSR count). The van der Waals surface area contributed by atoms with Crippen molar-refractivity contribution < 1.29 is 9.15 Å². The van der Waals surface area contributed by atoms with Crippen molar-refractivity contribution in [2.75, 3.05) is 13.2 Å². The Hall–Kier alpha value is -1.39.